The van der Waals surface area contributed by atoms with E-state index < -0.39 is 0 Å². The fourth-order valence-electron chi connectivity index (χ4n) is 3.41. The maximum absolute atomic E-state index is 12.0. The number of aryl methyl sites for hydroxylation is 1. The number of nitrogens with zero attached hydrogens (tertiary/aromatic N) is 3. The van der Waals surface area contributed by atoms with E-state index in [0.29, 0.717) is 12.1 Å². The number of oxazole rings is 1. The minimum absolute atomic E-state index is 0.255. The lowest BCUT2D eigenvalue weighted by molar-refractivity contribution is 0.206. The zero-order valence-electron chi connectivity index (χ0n) is 13.1. The lowest BCUT2D eigenvalue weighted by Gasteiger charge is -2.22. The van der Waals surface area contributed by atoms with E-state index in [1.165, 1.54) is 0 Å². The first kappa shape index (κ1) is 14.3. The van der Waals surface area contributed by atoms with Crippen LogP contribution in [-0.2, 0) is 6.54 Å². The molecule has 4 rings (SSSR count). The molecule has 0 spiro atoms. The third-order valence-electron chi connectivity index (χ3n) is 4.52. The van der Waals surface area contributed by atoms with Gasteiger partial charge in [0.1, 0.15) is 0 Å². The van der Waals surface area contributed by atoms with Gasteiger partial charge in [-0.1, -0.05) is 17.3 Å². The molecular formula is C17H19N3O3. The van der Waals surface area contributed by atoms with Gasteiger partial charge < -0.3 is 8.94 Å². The lowest BCUT2D eigenvalue weighted by Crippen LogP contribution is -2.29. The summed E-state index contributed by atoms with van der Waals surface area (Å²) in [6, 6.07) is 9.79. The van der Waals surface area contributed by atoms with Crippen LogP contribution in [0.5, 0.6) is 0 Å². The third kappa shape index (κ3) is 2.59. The lowest BCUT2D eigenvalue weighted by atomic mass is 10.1. The van der Waals surface area contributed by atoms with Gasteiger partial charge in [-0.25, -0.2) is 4.79 Å². The molecule has 1 saturated heterocycles. The highest BCUT2D eigenvalue weighted by molar-refractivity contribution is 5.72. The van der Waals surface area contributed by atoms with Crippen molar-refractivity contribution in [1.29, 1.82) is 0 Å². The van der Waals surface area contributed by atoms with Crippen molar-refractivity contribution in [1.82, 2.24) is 14.6 Å². The van der Waals surface area contributed by atoms with Crippen molar-refractivity contribution in [2.24, 2.45) is 0 Å². The van der Waals surface area contributed by atoms with Gasteiger partial charge in [-0.2, -0.15) is 0 Å². The second kappa shape index (κ2) is 5.70. The van der Waals surface area contributed by atoms with Crippen LogP contribution in [0.2, 0.25) is 0 Å². The van der Waals surface area contributed by atoms with Gasteiger partial charge in [-0.05, 0) is 38.4 Å². The van der Waals surface area contributed by atoms with E-state index in [1.54, 1.807) is 4.57 Å². The van der Waals surface area contributed by atoms with E-state index >= 15 is 0 Å². The Morgan fingerprint density at radius 2 is 2.17 bits per heavy atom. The van der Waals surface area contributed by atoms with Crippen molar-refractivity contribution in [2.45, 2.75) is 32.4 Å². The van der Waals surface area contributed by atoms with Gasteiger partial charge in [-0.3, -0.25) is 9.47 Å². The minimum Gasteiger partial charge on any atom is -0.408 e. The molecule has 1 aromatic carbocycles. The second-order valence-corrected chi connectivity index (χ2v) is 6.05. The molecule has 2 aromatic heterocycles. The molecule has 3 heterocycles. The van der Waals surface area contributed by atoms with Crippen LogP contribution in [-0.4, -0.2) is 27.7 Å². The maximum Gasteiger partial charge on any atom is 0.419 e. The Balaban J connectivity index is 1.53. The summed E-state index contributed by atoms with van der Waals surface area (Å²) < 4.78 is 12.4. The van der Waals surface area contributed by atoms with Gasteiger partial charge >= 0.3 is 5.76 Å². The predicted molar refractivity (Wildman–Crippen MR) is 85.3 cm³/mol. The first-order valence-electron chi connectivity index (χ1n) is 7.98. The Kier molecular flexibility index (Phi) is 3.53. The van der Waals surface area contributed by atoms with Crippen molar-refractivity contribution in [3.8, 4) is 0 Å². The van der Waals surface area contributed by atoms with E-state index in [4.69, 9.17) is 8.94 Å². The average molecular weight is 313 g/mol. The van der Waals surface area contributed by atoms with Crippen molar-refractivity contribution < 1.29 is 8.94 Å². The molecular weight excluding hydrogens is 294 g/mol. The van der Waals surface area contributed by atoms with Crippen molar-refractivity contribution in [2.75, 3.05) is 13.1 Å². The molecule has 0 saturated carbocycles. The summed E-state index contributed by atoms with van der Waals surface area (Å²) in [6.07, 6.45) is 2.20. The molecule has 6 heteroatoms. The number of hydrogen-bond acceptors (Lipinski definition) is 5. The van der Waals surface area contributed by atoms with Gasteiger partial charge in [0, 0.05) is 19.2 Å². The summed E-state index contributed by atoms with van der Waals surface area (Å²) in [6.45, 7) is 4.34. The topological polar surface area (TPSA) is 64.4 Å². The average Bonchev–Trinajstić information content (AvgIpc) is 3.23. The summed E-state index contributed by atoms with van der Waals surface area (Å²) in [5.41, 5.74) is 2.40. The highest BCUT2D eigenvalue weighted by Gasteiger charge is 2.29. The van der Waals surface area contributed by atoms with E-state index in [2.05, 4.69) is 10.1 Å². The molecule has 1 atom stereocenters. The SMILES string of the molecule is Cc1cc([C@H]2CCCN2CCn2c(=O)oc3ccccc32)on1. The van der Waals surface area contributed by atoms with Gasteiger partial charge in [-0.15, -0.1) is 0 Å². The molecule has 1 fully saturated rings. The molecule has 0 amide bonds. The zero-order chi connectivity index (χ0) is 15.8. The summed E-state index contributed by atoms with van der Waals surface area (Å²) in [7, 11) is 0. The van der Waals surface area contributed by atoms with Crippen LogP contribution in [0, 0.1) is 6.92 Å². The predicted octanol–water partition coefficient (Wildman–Crippen LogP) is 2.73. The summed E-state index contributed by atoms with van der Waals surface area (Å²) in [5.74, 6) is 0.627. The molecule has 1 aliphatic rings. The van der Waals surface area contributed by atoms with Crippen molar-refractivity contribution >= 4 is 11.1 Å². The first-order chi connectivity index (χ1) is 11.2. The van der Waals surface area contributed by atoms with E-state index in [-0.39, 0.29) is 11.8 Å². The Bertz CT molecular complexity index is 876. The highest BCUT2D eigenvalue weighted by atomic mass is 16.5. The van der Waals surface area contributed by atoms with Crippen LogP contribution in [0.3, 0.4) is 0 Å². The van der Waals surface area contributed by atoms with Gasteiger partial charge in [0.2, 0.25) is 0 Å². The standard InChI is InChI=1S/C17H19N3O3/c1-12-11-16(23-18-12)13-6-4-8-19(13)9-10-20-14-5-2-3-7-15(14)22-17(20)21/h2-3,5,7,11,13H,4,6,8-10H2,1H3/t13-/m1/s1. The number of para-hydroxylation sites is 2. The third-order valence-corrected chi connectivity index (χ3v) is 4.52. The van der Waals surface area contributed by atoms with E-state index in [9.17, 15) is 4.79 Å². The van der Waals surface area contributed by atoms with E-state index in [1.807, 2.05) is 37.3 Å². The second-order valence-electron chi connectivity index (χ2n) is 6.05. The van der Waals surface area contributed by atoms with Crippen molar-refractivity contribution in [3.05, 3.63) is 52.3 Å². The number of fused-ring (bicyclic) bond motifs is 1. The molecule has 6 nitrogen and oxygen atoms in total. The van der Waals surface area contributed by atoms with Crippen LogP contribution < -0.4 is 5.76 Å². The van der Waals surface area contributed by atoms with Crippen LogP contribution in [0.25, 0.3) is 11.1 Å². The van der Waals surface area contributed by atoms with E-state index in [0.717, 1.165) is 42.9 Å². The van der Waals surface area contributed by atoms with Gasteiger partial charge in [0.25, 0.3) is 0 Å². The molecule has 23 heavy (non-hydrogen) atoms. The molecule has 1 aliphatic heterocycles. The highest BCUT2D eigenvalue weighted by Crippen LogP contribution is 2.32. The largest absolute Gasteiger partial charge is 0.419 e. The Morgan fingerprint density at radius 3 is 3.00 bits per heavy atom. The zero-order valence-corrected chi connectivity index (χ0v) is 13.1. The first-order valence-corrected chi connectivity index (χ1v) is 7.98. The smallest absolute Gasteiger partial charge is 0.408 e. The fraction of sp³-hybridized carbons (Fsp3) is 0.412. The van der Waals surface area contributed by atoms with Crippen LogP contribution in [0.4, 0.5) is 0 Å². The quantitative estimate of drug-likeness (QED) is 0.741. The number of benzene rings is 1. The summed E-state index contributed by atoms with van der Waals surface area (Å²) in [5, 5.41) is 3.99. The molecule has 120 valence electrons. The maximum atomic E-state index is 12.0. The Morgan fingerprint density at radius 1 is 1.30 bits per heavy atom. The fourth-order valence-corrected chi connectivity index (χ4v) is 3.41. The molecule has 3 aromatic rings. The summed E-state index contributed by atoms with van der Waals surface area (Å²) in [4.78, 5) is 14.4. The Hall–Kier alpha value is -2.34. The monoisotopic (exact) mass is 313 g/mol. The number of aromatic nitrogens is 2. The summed E-state index contributed by atoms with van der Waals surface area (Å²) >= 11 is 0. The molecule has 0 unspecified atom stereocenters. The molecule has 0 radical (unpaired) electrons. The van der Waals surface area contributed by atoms with Crippen LogP contribution >= 0.6 is 0 Å². The Labute approximate surface area is 133 Å². The van der Waals surface area contributed by atoms with Crippen LogP contribution in [0.15, 0.2) is 44.1 Å². The molecule has 0 N–H and O–H groups in total. The van der Waals surface area contributed by atoms with Gasteiger partial charge in [0.05, 0.1) is 17.3 Å². The number of rotatable bonds is 4. The minimum atomic E-state index is -0.294. The molecule has 0 aliphatic carbocycles. The number of likely N-dealkylation sites (tertiary alicyclic amines) is 1. The van der Waals surface area contributed by atoms with Gasteiger partial charge in [0.15, 0.2) is 11.3 Å². The van der Waals surface area contributed by atoms with Crippen LogP contribution in [0.1, 0.15) is 30.3 Å². The molecule has 0 bridgehead atoms. The van der Waals surface area contributed by atoms with Crippen molar-refractivity contribution in [3.63, 3.8) is 0 Å². The normalized spacial score (nSPS) is 18.9. The number of hydrogen-bond donors (Lipinski definition) is 0.